The van der Waals surface area contributed by atoms with Crippen LogP contribution in [0.25, 0.3) is 0 Å². The van der Waals surface area contributed by atoms with E-state index in [1.807, 2.05) is 0 Å². The van der Waals surface area contributed by atoms with E-state index >= 15 is 0 Å². The molecule has 1 aromatic carbocycles. The van der Waals surface area contributed by atoms with Gasteiger partial charge in [0.05, 0.1) is 5.75 Å². The molecule has 0 radical (unpaired) electrons. The molecule has 1 aromatic rings. The summed E-state index contributed by atoms with van der Waals surface area (Å²) in [5, 5.41) is 3.79. The van der Waals surface area contributed by atoms with Gasteiger partial charge in [-0.3, -0.25) is 0 Å². The van der Waals surface area contributed by atoms with Crippen LogP contribution in [0.15, 0.2) is 30.3 Å². The maximum atomic E-state index is 11.9. The van der Waals surface area contributed by atoms with Crippen molar-refractivity contribution in [2.24, 2.45) is 0 Å². The molecular formula is C18H28N2O2S. The van der Waals surface area contributed by atoms with Crippen molar-refractivity contribution in [1.82, 2.24) is 9.62 Å². The number of sulfonamides is 1. The summed E-state index contributed by atoms with van der Waals surface area (Å²) >= 11 is 0. The van der Waals surface area contributed by atoms with Crippen molar-refractivity contribution in [1.29, 1.82) is 0 Å². The first kappa shape index (κ1) is 16.9. The Balaban J connectivity index is 1.47. The highest BCUT2D eigenvalue weighted by Gasteiger charge is 2.30. The number of piperidine rings is 1. The SMILES string of the molecule is CCS(=O)(=O)N1CCC(N[C@H]2CC[C@@H](c3ccccc3)C2)CC1. The Morgan fingerprint density at radius 3 is 2.39 bits per heavy atom. The minimum absolute atomic E-state index is 0.215. The summed E-state index contributed by atoms with van der Waals surface area (Å²) in [4.78, 5) is 0. The van der Waals surface area contributed by atoms with Crippen molar-refractivity contribution in [3.63, 3.8) is 0 Å². The first-order chi connectivity index (χ1) is 11.1. The second-order valence-electron chi connectivity index (χ2n) is 6.86. The summed E-state index contributed by atoms with van der Waals surface area (Å²) in [7, 11) is -3.01. The van der Waals surface area contributed by atoms with Crippen LogP contribution in [-0.4, -0.2) is 43.6 Å². The Kier molecular flexibility index (Phi) is 5.39. The summed E-state index contributed by atoms with van der Waals surface area (Å²) in [6.45, 7) is 3.06. The molecule has 128 valence electrons. The molecule has 0 aromatic heterocycles. The van der Waals surface area contributed by atoms with Gasteiger partial charge in [0.25, 0.3) is 0 Å². The monoisotopic (exact) mass is 336 g/mol. The van der Waals surface area contributed by atoms with E-state index in [1.54, 1.807) is 11.2 Å². The topological polar surface area (TPSA) is 49.4 Å². The van der Waals surface area contributed by atoms with Crippen molar-refractivity contribution in [3.8, 4) is 0 Å². The predicted octanol–water partition coefficient (Wildman–Crippen LogP) is 2.73. The Hall–Kier alpha value is -0.910. The summed E-state index contributed by atoms with van der Waals surface area (Å²) in [5.74, 6) is 0.890. The van der Waals surface area contributed by atoms with E-state index in [2.05, 4.69) is 35.6 Å². The smallest absolute Gasteiger partial charge is 0.213 e. The standard InChI is InChI=1S/C18H28N2O2S/c1-2-23(21,22)20-12-10-17(11-13-20)19-18-9-8-16(14-18)15-6-4-3-5-7-15/h3-7,16-19H,2,8-14H2,1H3/t16-,18+/m1/s1. The largest absolute Gasteiger partial charge is 0.311 e. The van der Waals surface area contributed by atoms with Crippen LogP contribution in [-0.2, 0) is 10.0 Å². The lowest BCUT2D eigenvalue weighted by atomic mass is 9.97. The minimum Gasteiger partial charge on any atom is -0.311 e. The fourth-order valence-corrected chi connectivity index (χ4v) is 5.11. The Bertz CT molecular complexity index is 595. The summed E-state index contributed by atoms with van der Waals surface area (Å²) in [6, 6.07) is 11.9. The van der Waals surface area contributed by atoms with Gasteiger partial charge < -0.3 is 5.32 Å². The number of rotatable bonds is 5. The second kappa shape index (κ2) is 7.32. The van der Waals surface area contributed by atoms with E-state index in [-0.39, 0.29) is 5.75 Å². The number of hydrogen-bond donors (Lipinski definition) is 1. The van der Waals surface area contributed by atoms with E-state index in [0.717, 1.165) is 12.8 Å². The average Bonchev–Trinajstić information content (AvgIpc) is 3.05. The lowest BCUT2D eigenvalue weighted by Crippen LogP contribution is -2.47. The molecule has 1 heterocycles. The van der Waals surface area contributed by atoms with Crippen LogP contribution in [0.3, 0.4) is 0 Å². The van der Waals surface area contributed by atoms with Crippen molar-refractivity contribution in [2.75, 3.05) is 18.8 Å². The maximum Gasteiger partial charge on any atom is 0.213 e. The van der Waals surface area contributed by atoms with E-state index in [0.29, 0.717) is 31.1 Å². The van der Waals surface area contributed by atoms with Gasteiger partial charge >= 0.3 is 0 Å². The van der Waals surface area contributed by atoms with Gasteiger partial charge in [0, 0.05) is 25.2 Å². The van der Waals surface area contributed by atoms with E-state index in [4.69, 9.17) is 0 Å². The van der Waals surface area contributed by atoms with Crippen LogP contribution < -0.4 is 5.32 Å². The molecule has 1 aliphatic carbocycles. The molecule has 0 amide bonds. The highest BCUT2D eigenvalue weighted by molar-refractivity contribution is 7.89. The van der Waals surface area contributed by atoms with Gasteiger partial charge in [-0.05, 0) is 50.5 Å². The van der Waals surface area contributed by atoms with Crippen LogP contribution in [0.4, 0.5) is 0 Å². The quantitative estimate of drug-likeness (QED) is 0.899. The van der Waals surface area contributed by atoms with Crippen LogP contribution in [0.1, 0.15) is 50.5 Å². The normalized spacial score (nSPS) is 27.3. The molecule has 0 spiro atoms. The van der Waals surface area contributed by atoms with Gasteiger partial charge in [-0.15, -0.1) is 0 Å². The van der Waals surface area contributed by atoms with Crippen LogP contribution >= 0.6 is 0 Å². The Morgan fingerprint density at radius 2 is 1.74 bits per heavy atom. The number of benzene rings is 1. The molecule has 3 rings (SSSR count). The first-order valence-electron chi connectivity index (χ1n) is 8.87. The lowest BCUT2D eigenvalue weighted by molar-refractivity contribution is 0.273. The molecule has 5 heteroatoms. The van der Waals surface area contributed by atoms with E-state index in [1.165, 1.54) is 24.8 Å². The molecule has 0 unspecified atom stereocenters. The fraction of sp³-hybridized carbons (Fsp3) is 0.667. The van der Waals surface area contributed by atoms with Gasteiger partial charge in [0.15, 0.2) is 0 Å². The Morgan fingerprint density at radius 1 is 1.04 bits per heavy atom. The first-order valence-corrected chi connectivity index (χ1v) is 10.5. The zero-order valence-electron chi connectivity index (χ0n) is 13.9. The minimum atomic E-state index is -3.01. The zero-order chi connectivity index (χ0) is 16.3. The van der Waals surface area contributed by atoms with Gasteiger partial charge in [0.1, 0.15) is 0 Å². The summed E-state index contributed by atoms with van der Waals surface area (Å²) in [6.07, 6.45) is 5.56. The molecular weight excluding hydrogens is 308 g/mol. The van der Waals surface area contributed by atoms with Crippen LogP contribution in [0.2, 0.25) is 0 Å². The molecule has 2 fully saturated rings. The second-order valence-corrected chi connectivity index (χ2v) is 9.12. The molecule has 2 atom stereocenters. The molecule has 1 saturated heterocycles. The molecule has 1 N–H and O–H groups in total. The highest BCUT2D eigenvalue weighted by atomic mass is 32.2. The van der Waals surface area contributed by atoms with Crippen molar-refractivity contribution >= 4 is 10.0 Å². The number of nitrogens with one attached hydrogen (secondary N) is 1. The fourth-order valence-electron chi connectivity index (χ4n) is 3.98. The number of hydrogen-bond acceptors (Lipinski definition) is 3. The molecule has 23 heavy (non-hydrogen) atoms. The maximum absolute atomic E-state index is 11.9. The molecule has 0 bridgehead atoms. The lowest BCUT2D eigenvalue weighted by Gasteiger charge is -2.33. The van der Waals surface area contributed by atoms with Gasteiger partial charge in [-0.2, -0.15) is 0 Å². The highest BCUT2D eigenvalue weighted by Crippen LogP contribution is 2.34. The molecule has 4 nitrogen and oxygen atoms in total. The van der Waals surface area contributed by atoms with Crippen LogP contribution in [0, 0.1) is 0 Å². The third-order valence-corrected chi connectivity index (χ3v) is 7.27. The van der Waals surface area contributed by atoms with E-state index < -0.39 is 10.0 Å². The zero-order valence-corrected chi connectivity index (χ0v) is 14.8. The average molecular weight is 337 g/mol. The summed E-state index contributed by atoms with van der Waals surface area (Å²) < 4.78 is 25.5. The van der Waals surface area contributed by atoms with Gasteiger partial charge in [0.2, 0.25) is 10.0 Å². The number of nitrogens with zero attached hydrogens (tertiary/aromatic N) is 1. The Labute approximate surface area is 140 Å². The van der Waals surface area contributed by atoms with Gasteiger partial charge in [-0.25, -0.2) is 12.7 Å². The molecule has 1 aliphatic heterocycles. The predicted molar refractivity (Wildman–Crippen MR) is 94.0 cm³/mol. The molecule has 1 saturated carbocycles. The van der Waals surface area contributed by atoms with Crippen molar-refractivity contribution < 1.29 is 8.42 Å². The van der Waals surface area contributed by atoms with Crippen molar-refractivity contribution in [2.45, 2.75) is 57.0 Å². The van der Waals surface area contributed by atoms with E-state index in [9.17, 15) is 8.42 Å². The van der Waals surface area contributed by atoms with Crippen LogP contribution in [0.5, 0.6) is 0 Å². The van der Waals surface area contributed by atoms with Crippen molar-refractivity contribution in [3.05, 3.63) is 35.9 Å². The molecule has 2 aliphatic rings. The third-order valence-electron chi connectivity index (χ3n) is 5.39. The van der Waals surface area contributed by atoms with Gasteiger partial charge in [-0.1, -0.05) is 30.3 Å². The third kappa shape index (κ3) is 4.14. The summed E-state index contributed by atoms with van der Waals surface area (Å²) in [5.41, 5.74) is 1.46.